The van der Waals surface area contributed by atoms with Crippen LogP contribution in [0.3, 0.4) is 0 Å². The van der Waals surface area contributed by atoms with Gasteiger partial charge >= 0.3 is 0 Å². The third kappa shape index (κ3) is 3.85. The Morgan fingerprint density at radius 1 is 1.52 bits per heavy atom. The highest BCUT2D eigenvalue weighted by Gasteiger charge is 2.12. The molecule has 0 aliphatic heterocycles. The lowest BCUT2D eigenvalue weighted by Crippen LogP contribution is -2.10. The lowest BCUT2D eigenvalue weighted by atomic mass is 10.1. The third-order valence-electron chi connectivity index (χ3n) is 3.12. The highest BCUT2D eigenvalue weighted by molar-refractivity contribution is 9.10. The molecule has 1 heterocycles. The van der Waals surface area contributed by atoms with Gasteiger partial charge in [0.05, 0.1) is 29.4 Å². The van der Waals surface area contributed by atoms with Crippen LogP contribution in [-0.2, 0) is 6.54 Å². The van der Waals surface area contributed by atoms with Gasteiger partial charge in [0.25, 0.3) is 5.69 Å². The van der Waals surface area contributed by atoms with Crippen LogP contribution in [0.5, 0.6) is 0 Å². The minimum absolute atomic E-state index is 0.0508. The zero-order valence-electron chi connectivity index (χ0n) is 11.6. The van der Waals surface area contributed by atoms with E-state index in [1.807, 2.05) is 6.20 Å². The quantitative estimate of drug-likeness (QED) is 0.635. The molecule has 0 radical (unpaired) electrons. The Balaban J connectivity index is 2.13. The van der Waals surface area contributed by atoms with E-state index in [0.717, 1.165) is 24.1 Å². The van der Waals surface area contributed by atoms with E-state index in [4.69, 9.17) is 5.73 Å². The van der Waals surface area contributed by atoms with Crippen LogP contribution in [0, 0.1) is 10.1 Å². The van der Waals surface area contributed by atoms with Gasteiger partial charge in [-0.05, 0) is 18.1 Å². The van der Waals surface area contributed by atoms with Gasteiger partial charge in [0.2, 0.25) is 0 Å². The van der Waals surface area contributed by atoms with Gasteiger partial charge < -0.3 is 5.73 Å². The summed E-state index contributed by atoms with van der Waals surface area (Å²) in [6.45, 7) is 2.54. The van der Waals surface area contributed by atoms with Crippen molar-refractivity contribution in [1.29, 1.82) is 0 Å². The Bertz CT molecular complexity index is 643. The molecule has 1 atom stereocenters. The van der Waals surface area contributed by atoms with Gasteiger partial charge in [0, 0.05) is 16.6 Å². The average Bonchev–Trinajstić information content (AvgIpc) is 2.90. The molecule has 1 unspecified atom stereocenters. The van der Waals surface area contributed by atoms with Gasteiger partial charge in [-0.2, -0.15) is 0 Å². The van der Waals surface area contributed by atoms with Gasteiger partial charge in [0.15, 0.2) is 0 Å². The normalized spacial score (nSPS) is 12.3. The molecule has 0 aliphatic carbocycles. The summed E-state index contributed by atoms with van der Waals surface area (Å²) >= 11 is 3.34. The molecule has 1 aromatic carbocycles. The summed E-state index contributed by atoms with van der Waals surface area (Å²) in [5, 5.41) is 18.8. The molecule has 2 rings (SSSR count). The predicted molar refractivity (Wildman–Crippen MR) is 81.8 cm³/mol. The summed E-state index contributed by atoms with van der Waals surface area (Å²) in [6.07, 6.45) is 3.66. The van der Waals surface area contributed by atoms with E-state index in [1.165, 1.54) is 12.1 Å². The van der Waals surface area contributed by atoms with E-state index in [1.54, 1.807) is 10.7 Å². The van der Waals surface area contributed by atoms with Crippen LogP contribution in [0.15, 0.2) is 28.9 Å². The lowest BCUT2D eigenvalue weighted by Gasteiger charge is -2.05. The highest BCUT2D eigenvalue weighted by atomic mass is 79.9. The monoisotopic (exact) mass is 353 g/mol. The number of halogens is 1. The topological polar surface area (TPSA) is 99.9 Å². The fourth-order valence-corrected chi connectivity index (χ4v) is 2.46. The molecule has 21 heavy (non-hydrogen) atoms. The number of nitrogens with two attached hydrogens (primary N) is 1. The van der Waals surface area contributed by atoms with Crippen LogP contribution >= 0.6 is 15.9 Å². The molecule has 0 spiro atoms. The van der Waals surface area contributed by atoms with Crippen molar-refractivity contribution >= 4 is 21.6 Å². The number of nitrogens with zero attached hydrogens (tertiary/aromatic N) is 4. The second-order valence-electron chi connectivity index (χ2n) is 4.77. The molecule has 112 valence electrons. The van der Waals surface area contributed by atoms with E-state index < -0.39 is 4.92 Å². The SMILES string of the molecule is CCCC(N)c1cn(Cc2ccc([N+](=O)[O-])cc2Br)nn1. The number of rotatable bonds is 6. The van der Waals surface area contributed by atoms with Crippen LogP contribution in [0.25, 0.3) is 0 Å². The first-order valence-electron chi connectivity index (χ1n) is 6.59. The summed E-state index contributed by atoms with van der Waals surface area (Å²) in [5.41, 5.74) is 7.70. The van der Waals surface area contributed by atoms with Crippen LogP contribution in [-0.4, -0.2) is 19.9 Å². The maximum Gasteiger partial charge on any atom is 0.270 e. The van der Waals surface area contributed by atoms with E-state index in [-0.39, 0.29) is 11.7 Å². The summed E-state index contributed by atoms with van der Waals surface area (Å²) in [4.78, 5) is 10.3. The summed E-state index contributed by atoms with van der Waals surface area (Å²) in [7, 11) is 0. The third-order valence-corrected chi connectivity index (χ3v) is 3.85. The Labute approximate surface area is 130 Å². The van der Waals surface area contributed by atoms with Crippen molar-refractivity contribution in [2.24, 2.45) is 5.73 Å². The van der Waals surface area contributed by atoms with Crippen molar-refractivity contribution in [3.8, 4) is 0 Å². The van der Waals surface area contributed by atoms with Crippen molar-refractivity contribution in [1.82, 2.24) is 15.0 Å². The number of hydrogen-bond donors (Lipinski definition) is 1. The molecule has 0 saturated heterocycles. The minimum Gasteiger partial charge on any atom is -0.323 e. The van der Waals surface area contributed by atoms with Crippen molar-refractivity contribution in [2.45, 2.75) is 32.4 Å². The zero-order valence-corrected chi connectivity index (χ0v) is 13.2. The molecule has 7 nitrogen and oxygen atoms in total. The molecule has 0 amide bonds. The molecular weight excluding hydrogens is 338 g/mol. The van der Waals surface area contributed by atoms with Crippen LogP contribution in [0.4, 0.5) is 5.69 Å². The van der Waals surface area contributed by atoms with Crippen molar-refractivity contribution in [2.75, 3.05) is 0 Å². The van der Waals surface area contributed by atoms with Crippen LogP contribution in [0.1, 0.15) is 37.1 Å². The second kappa shape index (κ2) is 6.77. The smallest absolute Gasteiger partial charge is 0.270 e. The van der Waals surface area contributed by atoms with Gasteiger partial charge in [-0.15, -0.1) is 5.10 Å². The first kappa shape index (κ1) is 15.6. The number of nitro groups is 1. The summed E-state index contributed by atoms with van der Waals surface area (Å²) in [6, 6.07) is 4.55. The maximum absolute atomic E-state index is 10.7. The van der Waals surface area contributed by atoms with Gasteiger partial charge in [-0.25, -0.2) is 4.68 Å². The first-order valence-corrected chi connectivity index (χ1v) is 7.39. The van der Waals surface area contributed by atoms with Crippen LogP contribution in [0.2, 0.25) is 0 Å². The second-order valence-corrected chi connectivity index (χ2v) is 5.62. The molecule has 8 heteroatoms. The van der Waals surface area contributed by atoms with Crippen molar-refractivity contribution in [3.63, 3.8) is 0 Å². The van der Waals surface area contributed by atoms with Crippen molar-refractivity contribution in [3.05, 3.63) is 50.2 Å². The van der Waals surface area contributed by atoms with Gasteiger partial charge in [-0.1, -0.05) is 34.5 Å². The Morgan fingerprint density at radius 3 is 2.90 bits per heavy atom. The molecular formula is C13H16BrN5O2. The Hall–Kier alpha value is -1.80. The van der Waals surface area contributed by atoms with E-state index in [9.17, 15) is 10.1 Å². The standard InChI is InChI=1S/C13H16BrN5O2/c1-2-3-12(15)13-8-18(17-16-13)7-9-4-5-10(19(20)21)6-11(9)14/h4-6,8,12H,2-3,7,15H2,1H3. The molecule has 0 aliphatic rings. The van der Waals surface area contributed by atoms with E-state index >= 15 is 0 Å². The Kier molecular flexibility index (Phi) is 5.03. The molecule has 0 bridgehead atoms. The highest BCUT2D eigenvalue weighted by Crippen LogP contribution is 2.23. The summed E-state index contributed by atoms with van der Waals surface area (Å²) in [5.74, 6) is 0. The zero-order chi connectivity index (χ0) is 15.4. The predicted octanol–water partition coefficient (Wildman–Crippen LogP) is 2.80. The first-order chi connectivity index (χ1) is 10.0. The summed E-state index contributed by atoms with van der Waals surface area (Å²) < 4.78 is 2.35. The molecule has 0 saturated carbocycles. The van der Waals surface area contributed by atoms with Crippen LogP contribution < -0.4 is 5.73 Å². The van der Waals surface area contributed by atoms with Gasteiger partial charge in [0.1, 0.15) is 0 Å². The number of aromatic nitrogens is 3. The maximum atomic E-state index is 10.7. The lowest BCUT2D eigenvalue weighted by molar-refractivity contribution is -0.384. The number of non-ortho nitro benzene ring substituents is 1. The molecule has 2 N–H and O–H groups in total. The Morgan fingerprint density at radius 2 is 2.29 bits per heavy atom. The van der Waals surface area contributed by atoms with E-state index in [0.29, 0.717) is 11.0 Å². The van der Waals surface area contributed by atoms with Gasteiger partial charge in [-0.3, -0.25) is 10.1 Å². The fraction of sp³-hybridized carbons (Fsp3) is 0.385. The van der Waals surface area contributed by atoms with E-state index in [2.05, 4.69) is 33.2 Å². The molecule has 1 aromatic heterocycles. The largest absolute Gasteiger partial charge is 0.323 e. The number of benzene rings is 1. The molecule has 2 aromatic rings. The van der Waals surface area contributed by atoms with Crippen molar-refractivity contribution < 1.29 is 4.92 Å². The minimum atomic E-state index is -0.425. The number of hydrogen-bond acceptors (Lipinski definition) is 5. The fourth-order valence-electron chi connectivity index (χ4n) is 1.97. The number of nitro benzene ring substituents is 1. The molecule has 0 fully saturated rings. The average molecular weight is 354 g/mol.